The maximum atomic E-state index is 14.3. The second kappa shape index (κ2) is 10.2. The van der Waals surface area contributed by atoms with E-state index in [9.17, 15) is 22.0 Å². The van der Waals surface area contributed by atoms with Crippen LogP contribution in [-0.2, 0) is 0 Å². The molecule has 3 aromatic rings. The fourth-order valence-corrected chi connectivity index (χ4v) is 4.97. The molecule has 1 saturated carbocycles. The predicted octanol–water partition coefficient (Wildman–Crippen LogP) is 9.16. The Hall–Kier alpha value is -2.87. The molecule has 0 aromatic heterocycles. The highest BCUT2D eigenvalue weighted by atomic mass is 19.4. The summed E-state index contributed by atoms with van der Waals surface area (Å²) in [5.41, 5.74) is 1.29. The Balaban J connectivity index is 1.54. The van der Waals surface area contributed by atoms with Crippen LogP contribution in [0.5, 0.6) is 0 Å². The molecule has 0 aliphatic heterocycles. The highest BCUT2D eigenvalue weighted by Gasteiger charge is 2.24. The van der Waals surface area contributed by atoms with Crippen LogP contribution in [0.4, 0.5) is 22.0 Å². The Morgan fingerprint density at radius 3 is 2.12 bits per heavy atom. The van der Waals surface area contributed by atoms with Gasteiger partial charge in [0.15, 0.2) is 0 Å². The molecule has 178 valence electrons. The van der Waals surface area contributed by atoms with Crippen LogP contribution in [0.2, 0.25) is 0 Å². The number of hydrogen-bond acceptors (Lipinski definition) is 0. The van der Waals surface area contributed by atoms with Gasteiger partial charge >= 0.3 is 6.18 Å². The van der Waals surface area contributed by atoms with Gasteiger partial charge in [0.05, 0.1) is 5.56 Å². The van der Waals surface area contributed by atoms with Crippen LogP contribution in [0.25, 0.3) is 21.9 Å². The van der Waals surface area contributed by atoms with Crippen molar-refractivity contribution in [3.8, 4) is 23.0 Å². The molecule has 5 heteroatoms. The lowest BCUT2D eigenvalue weighted by Crippen LogP contribution is -2.13. The summed E-state index contributed by atoms with van der Waals surface area (Å²) in [6, 6.07) is 14.0. The van der Waals surface area contributed by atoms with Crippen LogP contribution in [0.3, 0.4) is 0 Å². The minimum Gasteiger partial charge on any atom is -0.205 e. The summed E-state index contributed by atoms with van der Waals surface area (Å²) in [6.45, 7) is 2.24. The van der Waals surface area contributed by atoms with Crippen molar-refractivity contribution in [3.63, 3.8) is 0 Å². The van der Waals surface area contributed by atoms with Crippen molar-refractivity contribution in [3.05, 3.63) is 71.3 Å². The van der Waals surface area contributed by atoms with Crippen molar-refractivity contribution < 1.29 is 22.0 Å². The highest BCUT2D eigenvalue weighted by Crippen LogP contribution is 2.39. The van der Waals surface area contributed by atoms with Crippen LogP contribution in [0.15, 0.2) is 48.5 Å². The van der Waals surface area contributed by atoms with Gasteiger partial charge in [-0.1, -0.05) is 62.4 Å². The average molecular weight is 471 g/mol. The summed E-state index contributed by atoms with van der Waals surface area (Å²) in [5.74, 6) is 1.66. The summed E-state index contributed by atoms with van der Waals surface area (Å²) in [7, 11) is 0. The molecule has 1 aliphatic rings. The first-order valence-electron chi connectivity index (χ1n) is 11.9. The van der Waals surface area contributed by atoms with Gasteiger partial charge in [-0.05, 0) is 83.2 Å². The van der Waals surface area contributed by atoms with Gasteiger partial charge < -0.3 is 0 Å². The lowest BCUT2D eigenvalue weighted by Gasteiger charge is -2.29. The van der Waals surface area contributed by atoms with E-state index in [0.717, 1.165) is 34.7 Å². The zero-order chi connectivity index (χ0) is 24.3. The van der Waals surface area contributed by atoms with Crippen LogP contribution < -0.4 is 0 Å². The van der Waals surface area contributed by atoms with E-state index in [1.807, 2.05) is 18.2 Å². The molecule has 1 aliphatic carbocycles. The Morgan fingerprint density at radius 1 is 0.824 bits per heavy atom. The van der Waals surface area contributed by atoms with E-state index >= 15 is 0 Å². The summed E-state index contributed by atoms with van der Waals surface area (Å²) < 4.78 is 65.5. The molecular weight excluding hydrogens is 443 g/mol. The van der Waals surface area contributed by atoms with E-state index in [1.165, 1.54) is 50.5 Å². The number of unbranched alkanes of at least 4 members (excludes halogenated alkanes) is 1. The van der Waals surface area contributed by atoms with Gasteiger partial charge in [0.1, 0.15) is 11.6 Å². The van der Waals surface area contributed by atoms with E-state index in [4.69, 9.17) is 0 Å². The number of hydrogen-bond donors (Lipinski definition) is 0. The quantitative estimate of drug-likeness (QED) is 0.258. The average Bonchev–Trinajstić information content (AvgIpc) is 2.81. The molecule has 0 nitrogen and oxygen atoms in total. The molecule has 0 amide bonds. The van der Waals surface area contributed by atoms with Crippen molar-refractivity contribution in [2.75, 3.05) is 0 Å². The molecule has 4 rings (SSSR count). The molecule has 1 fully saturated rings. The zero-order valence-electron chi connectivity index (χ0n) is 19.1. The minimum absolute atomic E-state index is 0.254. The second-order valence-corrected chi connectivity index (χ2v) is 9.24. The minimum atomic E-state index is -4.82. The van der Waals surface area contributed by atoms with E-state index in [0.29, 0.717) is 11.5 Å². The van der Waals surface area contributed by atoms with Gasteiger partial charge in [-0.15, -0.1) is 0 Å². The van der Waals surface area contributed by atoms with E-state index in [2.05, 4.69) is 19.1 Å². The molecule has 0 bridgehead atoms. The van der Waals surface area contributed by atoms with Crippen LogP contribution in [0.1, 0.15) is 68.9 Å². The molecule has 0 unspecified atom stereocenters. The standard InChI is InChI=1S/C29H27F5/c1-2-3-4-19-5-7-20(8-6-19)21-9-10-23-16-24(12-11-22(23)15-21)25-17-27(30)26(28(31)18-25)13-14-29(32,33)34/h9-12,15-20H,2-8H2,1H3. The maximum absolute atomic E-state index is 14.3. The Labute approximate surface area is 197 Å². The zero-order valence-corrected chi connectivity index (χ0v) is 19.1. The van der Waals surface area contributed by atoms with Crippen molar-refractivity contribution in [1.29, 1.82) is 0 Å². The number of fused-ring (bicyclic) bond motifs is 1. The topological polar surface area (TPSA) is 0 Å². The third-order valence-electron chi connectivity index (χ3n) is 6.85. The Kier molecular flexibility index (Phi) is 7.26. The van der Waals surface area contributed by atoms with Gasteiger partial charge in [0, 0.05) is 5.92 Å². The highest BCUT2D eigenvalue weighted by molar-refractivity contribution is 5.88. The van der Waals surface area contributed by atoms with Crippen LogP contribution in [0, 0.1) is 29.4 Å². The van der Waals surface area contributed by atoms with Crippen molar-refractivity contribution in [1.82, 2.24) is 0 Å². The second-order valence-electron chi connectivity index (χ2n) is 9.24. The predicted molar refractivity (Wildman–Crippen MR) is 126 cm³/mol. The van der Waals surface area contributed by atoms with Gasteiger partial charge in [0.2, 0.25) is 0 Å². The molecule has 34 heavy (non-hydrogen) atoms. The molecule has 0 atom stereocenters. The smallest absolute Gasteiger partial charge is 0.205 e. The van der Waals surface area contributed by atoms with Gasteiger partial charge in [0.25, 0.3) is 0 Å². The van der Waals surface area contributed by atoms with Gasteiger partial charge in [-0.25, -0.2) is 8.78 Å². The Morgan fingerprint density at radius 2 is 1.47 bits per heavy atom. The van der Waals surface area contributed by atoms with Gasteiger partial charge in [-0.3, -0.25) is 0 Å². The number of rotatable bonds is 5. The van der Waals surface area contributed by atoms with Crippen molar-refractivity contribution in [2.24, 2.45) is 5.92 Å². The SMILES string of the molecule is CCCCC1CCC(c2ccc3cc(-c4cc(F)c(C#CC(F)(F)F)c(F)c4)ccc3c2)CC1. The molecule has 0 saturated heterocycles. The largest absolute Gasteiger partial charge is 0.458 e. The monoisotopic (exact) mass is 470 g/mol. The molecule has 0 radical (unpaired) electrons. The first-order valence-corrected chi connectivity index (χ1v) is 11.9. The van der Waals surface area contributed by atoms with Crippen molar-refractivity contribution in [2.45, 2.75) is 64.0 Å². The lowest BCUT2D eigenvalue weighted by molar-refractivity contribution is -0.0696. The third kappa shape index (κ3) is 5.78. The molecular formula is C29H27F5. The first-order chi connectivity index (χ1) is 16.2. The maximum Gasteiger partial charge on any atom is 0.458 e. The summed E-state index contributed by atoms with van der Waals surface area (Å²) in [6.07, 6.45) is 4.06. The summed E-state index contributed by atoms with van der Waals surface area (Å²) >= 11 is 0. The number of alkyl halides is 3. The van der Waals surface area contributed by atoms with Crippen LogP contribution in [-0.4, -0.2) is 6.18 Å². The fraction of sp³-hybridized carbons (Fsp3) is 0.379. The van der Waals surface area contributed by atoms with Gasteiger partial charge in [-0.2, -0.15) is 13.2 Å². The summed E-state index contributed by atoms with van der Waals surface area (Å²) in [5, 5.41) is 2.00. The lowest BCUT2D eigenvalue weighted by atomic mass is 9.77. The number of benzene rings is 3. The summed E-state index contributed by atoms with van der Waals surface area (Å²) in [4.78, 5) is 0. The van der Waals surface area contributed by atoms with E-state index in [-0.39, 0.29) is 5.56 Å². The fourth-order valence-electron chi connectivity index (χ4n) is 4.97. The number of halogens is 5. The first kappa shape index (κ1) is 24.3. The van der Waals surface area contributed by atoms with E-state index < -0.39 is 23.4 Å². The molecule has 0 spiro atoms. The Bertz CT molecular complexity index is 1200. The third-order valence-corrected chi connectivity index (χ3v) is 6.85. The van der Waals surface area contributed by atoms with Crippen LogP contribution >= 0.6 is 0 Å². The van der Waals surface area contributed by atoms with E-state index in [1.54, 1.807) is 12.0 Å². The molecule has 0 heterocycles. The molecule has 3 aromatic carbocycles. The molecule has 0 N–H and O–H groups in total. The van der Waals surface area contributed by atoms with Crippen molar-refractivity contribution >= 4 is 10.8 Å². The normalized spacial score (nSPS) is 18.5.